The second-order valence-electron chi connectivity index (χ2n) is 5.05. The molecule has 1 amide bonds. The minimum atomic E-state index is -3.00. The Balaban J connectivity index is 1.98. The van der Waals surface area contributed by atoms with Gasteiger partial charge in [-0.2, -0.15) is 8.78 Å². The SMILES string of the molecule is CC1CN(C(=O)c2ccccc2OC(F)F)c2cccnc2O1. The lowest BCUT2D eigenvalue weighted by molar-refractivity contribution is -0.0501. The molecule has 1 atom stereocenters. The van der Waals surface area contributed by atoms with Crippen LogP contribution in [-0.2, 0) is 0 Å². The molecule has 0 saturated carbocycles. The molecule has 23 heavy (non-hydrogen) atoms. The van der Waals surface area contributed by atoms with E-state index in [1.807, 2.05) is 0 Å². The van der Waals surface area contributed by atoms with Crippen LogP contribution >= 0.6 is 0 Å². The van der Waals surface area contributed by atoms with Gasteiger partial charge < -0.3 is 9.47 Å². The van der Waals surface area contributed by atoms with Crippen LogP contribution in [0.4, 0.5) is 14.5 Å². The molecule has 0 aliphatic carbocycles. The highest BCUT2D eigenvalue weighted by Crippen LogP contribution is 2.33. The Morgan fingerprint density at radius 3 is 2.91 bits per heavy atom. The predicted octanol–water partition coefficient (Wildman–Crippen LogP) is 3.11. The van der Waals surface area contributed by atoms with Crippen molar-refractivity contribution in [1.29, 1.82) is 0 Å². The van der Waals surface area contributed by atoms with Gasteiger partial charge in [0.2, 0.25) is 5.88 Å². The summed E-state index contributed by atoms with van der Waals surface area (Å²) in [6, 6.07) is 9.30. The highest BCUT2D eigenvalue weighted by molar-refractivity contribution is 6.08. The van der Waals surface area contributed by atoms with Crippen LogP contribution in [0.5, 0.6) is 11.6 Å². The second-order valence-corrected chi connectivity index (χ2v) is 5.05. The highest BCUT2D eigenvalue weighted by atomic mass is 19.3. The molecule has 1 aliphatic rings. The lowest BCUT2D eigenvalue weighted by Crippen LogP contribution is -2.42. The minimum absolute atomic E-state index is 0.0664. The van der Waals surface area contributed by atoms with Gasteiger partial charge in [0.25, 0.3) is 5.91 Å². The molecule has 0 fully saturated rings. The van der Waals surface area contributed by atoms with Crippen LogP contribution in [-0.4, -0.2) is 30.2 Å². The van der Waals surface area contributed by atoms with E-state index >= 15 is 0 Å². The molecule has 2 aromatic rings. The Kier molecular flexibility index (Phi) is 4.10. The Bertz CT molecular complexity index is 724. The van der Waals surface area contributed by atoms with E-state index in [2.05, 4.69) is 9.72 Å². The lowest BCUT2D eigenvalue weighted by Gasteiger charge is -2.32. The van der Waals surface area contributed by atoms with E-state index < -0.39 is 12.5 Å². The largest absolute Gasteiger partial charge is 0.471 e. The van der Waals surface area contributed by atoms with Gasteiger partial charge in [0.1, 0.15) is 17.5 Å². The van der Waals surface area contributed by atoms with E-state index in [1.165, 1.54) is 23.1 Å². The average molecular weight is 320 g/mol. The van der Waals surface area contributed by atoms with Crippen molar-refractivity contribution in [3.63, 3.8) is 0 Å². The van der Waals surface area contributed by atoms with Gasteiger partial charge in [-0.15, -0.1) is 0 Å². The number of aromatic nitrogens is 1. The van der Waals surface area contributed by atoms with E-state index in [0.717, 1.165) is 0 Å². The molecule has 1 unspecified atom stereocenters. The van der Waals surface area contributed by atoms with E-state index in [1.54, 1.807) is 31.3 Å². The Morgan fingerprint density at radius 1 is 1.35 bits per heavy atom. The number of carbonyl (C=O) groups excluding carboxylic acids is 1. The molecule has 0 bridgehead atoms. The van der Waals surface area contributed by atoms with Gasteiger partial charge in [0.05, 0.1) is 12.1 Å². The number of rotatable bonds is 3. The van der Waals surface area contributed by atoms with Gasteiger partial charge in [-0.05, 0) is 31.2 Å². The topological polar surface area (TPSA) is 51.7 Å². The number of fused-ring (bicyclic) bond motifs is 1. The Morgan fingerprint density at radius 2 is 2.13 bits per heavy atom. The average Bonchev–Trinajstić information content (AvgIpc) is 2.53. The summed E-state index contributed by atoms with van der Waals surface area (Å²) in [5.74, 6) is -0.255. The maximum absolute atomic E-state index is 12.8. The molecule has 0 N–H and O–H groups in total. The zero-order chi connectivity index (χ0) is 16.4. The van der Waals surface area contributed by atoms with Crippen LogP contribution < -0.4 is 14.4 Å². The van der Waals surface area contributed by atoms with Crippen molar-refractivity contribution in [2.24, 2.45) is 0 Å². The number of hydrogen-bond donors (Lipinski definition) is 0. The first-order chi connectivity index (χ1) is 11.1. The van der Waals surface area contributed by atoms with Gasteiger partial charge in [-0.25, -0.2) is 4.98 Å². The van der Waals surface area contributed by atoms with Crippen molar-refractivity contribution >= 4 is 11.6 Å². The van der Waals surface area contributed by atoms with Crippen LogP contribution in [0, 0.1) is 0 Å². The van der Waals surface area contributed by atoms with Crippen LogP contribution in [0.3, 0.4) is 0 Å². The van der Waals surface area contributed by atoms with Crippen molar-refractivity contribution in [2.75, 3.05) is 11.4 Å². The molecule has 1 aromatic carbocycles. The number of carbonyl (C=O) groups is 1. The lowest BCUT2D eigenvalue weighted by atomic mass is 10.1. The summed E-state index contributed by atoms with van der Waals surface area (Å²) >= 11 is 0. The van der Waals surface area contributed by atoms with Gasteiger partial charge in [0, 0.05) is 6.20 Å². The number of amides is 1. The standard InChI is InChI=1S/C16H14F2N2O3/c1-10-9-20(12-6-4-8-19-14(12)22-10)15(21)11-5-2-3-7-13(11)23-16(17)18/h2-8,10,16H,9H2,1H3. The fourth-order valence-corrected chi connectivity index (χ4v) is 2.44. The third-order valence-corrected chi connectivity index (χ3v) is 3.37. The number of hydrogen-bond acceptors (Lipinski definition) is 4. The van der Waals surface area contributed by atoms with Crippen molar-refractivity contribution in [3.05, 3.63) is 48.2 Å². The summed E-state index contributed by atoms with van der Waals surface area (Å²) in [6.07, 6.45) is 1.30. The van der Waals surface area contributed by atoms with Gasteiger partial charge in [0.15, 0.2) is 0 Å². The first kappa shape index (κ1) is 15.2. The fraction of sp³-hybridized carbons (Fsp3) is 0.250. The van der Waals surface area contributed by atoms with Gasteiger partial charge >= 0.3 is 6.61 Å². The quantitative estimate of drug-likeness (QED) is 0.872. The van der Waals surface area contributed by atoms with Crippen LogP contribution in [0.2, 0.25) is 0 Å². The molecular weight excluding hydrogens is 306 g/mol. The number of halogens is 2. The molecule has 2 heterocycles. The minimum Gasteiger partial charge on any atom is -0.471 e. The third kappa shape index (κ3) is 3.08. The summed E-state index contributed by atoms with van der Waals surface area (Å²) in [5, 5.41) is 0. The van der Waals surface area contributed by atoms with Crippen molar-refractivity contribution in [2.45, 2.75) is 19.6 Å². The normalized spacial score (nSPS) is 16.7. The summed E-state index contributed by atoms with van der Waals surface area (Å²) in [6.45, 7) is -0.901. The van der Waals surface area contributed by atoms with Crippen LogP contribution in [0.25, 0.3) is 0 Å². The summed E-state index contributed by atoms with van der Waals surface area (Å²) in [7, 11) is 0. The van der Waals surface area contributed by atoms with E-state index in [9.17, 15) is 13.6 Å². The molecule has 7 heteroatoms. The molecule has 0 radical (unpaired) electrons. The molecule has 5 nitrogen and oxygen atoms in total. The first-order valence-corrected chi connectivity index (χ1v) is 7.03. The Hall–Kier alpha value is -2.70. The summed E-state index contributed by atoms with van der Waals surface area (Å²) in [4.78, 5) is 18.4. The highest BCUT2D eigenvalue weighted by Gasteiger charge is 2.30. The number of ether oxygens (including phenoxy) is 2. The van der Waals surface area contributed by atoms with Crippen molar-refractivity contribution in [1.82, 2.24) is 4.98 Å². The number of pyridine rings is 1. The van der Waals surface area contributed by atoms with E-state index in [0.29, 0.717) is 18.1 Å². The number of nitrogens with zero attached hydrogens (tertiary/aromatic N) is 2. The number of benzene rings is 1. The van der Waals surface area contributed by atoms with Gasteiger partial charge in [-0.3, -0.25) is 9.69 Å². The van der Waals surface area contributed by atoms with E-state index in [-0.39, 0.29) is 17.4 Å². The van der Waals surface area contributed by atoms with E-state index in [4.69, 9.17) is 4.74 Å². The maximum Gasteiger partial charge on any atom is 0.387 e. The molecule has 0 saturated heterocycles. The van der Waals surface area contributed by atoms with Gasteiger partial charge in [-0.1, -0.05) is 12.1 Å². The zero-order valence-electron chi connectivity index (χ0n) is 12.3. The predicted molar refractivity (Wildman–Crippen MR) is 79.1 cm³/mol. The molecular formula is C16H14F2N2O3. The van der Waals surface area contributed by atoms with Crippen LogP contribution in [0.15, 0.2) is 42.6 Å². The van der Waals surface area contributed by atoms with Crippen LogP contribution in [0.1, 0.15) is 17.3 Å². The third-order valence-electron chi connectivity index (χ3n) is 3.37. The molecule has 1 aliphatic heterocycles. The summed E-state index contributed by atoms with van der Waals surface area (Å²) < 4.78 is 35.1. The monoisotopic (exact) mass is 320 g/mol. The number of para-hydroxylation sites is 1. The molecule has 3 rings (SSSR count). The van der Waals surface area contributed by atoms with Crippen molar-refractivity contribution < 1.29 is 23.0 Å². The number of anilines is 1. The summed E-state index contributed by atoms with van der Waals surface area (Å²) in [5.41, 5.74) is 0.569. The Labute approximate surface area is 131 Å². The smallest absolute Gasteiger partial charge is 0.387 e. The maximum atomic E-state index is 12.8. The molecule has 120 valence electrons. The molecule has 1 aromatic heterocycles. The second kappa shape index (κ2) is 6.20. The molecule has 0 spiro atoms. The van der Waals surface area contributed by atoms with Crippen molar-refractivity contribution in [3.8, 4) is 11.6 Å². The first-order valence-electron chi connectivity index (χ1n) is 7.03. The zero-order valence-corrected chi connectivity index (χ0v) is 12.3. The fourth-order valence-electron chi connectivity index (χ4n) is 2.44. The number of alkyl halides is 2.